The largest absolute Gasteiger partial charge is 0.481 e. The van der Waals surface area contributed by atoms with E-state index in [1.165, 1.54) is 0 Å². The molecule has 1 fully saturated rings. The molecule has 23 heavy (non-hydrogen) atoms. The van der Waals surface area contributed by atoms with Crippen molar-refractivity contribution in [3.05, 3.63) is 70.2 Å². The van der Waals surface area contributed by atoms with Gasteiger partial charge in [0, 0.05) is 4.47 Å². The highest BCUT2D eigenvalue weighted by Crippen LogP contribution is 2.42. The van der Waals surface area contributed by atoms with Gasteiger partial charge in [-0.2, -0.15) is 0 Å². The van der Waals surface area contributed by atoms with Gasteiger partial charge in [0.1, 0.15) is 0 Å². The van der Waals surface area contributed by atoms with E-state index in [0.29, 0.717) is 6.61 Å². The van der Waals surface area contributed by atoms with Gasteiger partial charge < -0.3 is 9.84 Å². The van der Waals surface area contributed by atoms with Crippen LogP contribution in [0.5, 0.6) is 0 Å². The Morgan fingerprint density at radius 3 is 2.57 bits per heavy atom. The van der Waals surface area contributed by atoms with E-state index in [0.717, 1.165) is 28.4 Å². The minimum atomic E-state index is -0.755. The molecule has 0 amide bonds. The Hall–Kier alpha value is -1.65. The van der Waals surface area contributed by atoms with E-state index in [9.17, 15) is 9.90 Å². The molecule has 4 heteroatoms. The third kappa shape index (κ3) is 4.01. The van der Waals surface area contributed by atoms with Crippen LogP contribution in [0.4, 0.5) is 0 Å². The number of hydrogen-bond acceptors (Lipinski definition) is 2. The summed E-state index contributed by atoms with van der Waals surface area (Å²) in [6.45, 7) is 0.590. The van der Waals surface area contributed by atoms with Gasteiger partial charge in [-0.15, -0.1) is 0 Å². The van der Waals surface area contributed by atoms with Crippen LogP contribution < -0.4 is 0 Å². The zero-order valence-corrected chi connectivity index (χ0v) is 14.3. The first-order chi connectivity index (χ1) is 11.1. The second-order valence-corrected chi connectivity index (χ2v) is 6.94. The van der Waals surface area contributed by atoms with Crippen LogP contribution in [-0.4, -0.2) is 17.2 Å². The predicted molar refractivity (Wildman–Crippen MR) is 92.3 cm³/mol. The summed E-state index contributed by atoms with van der Waals surface area (Å²) in [5.74, 6) is -1.07. The van der Waals surface area contributed by atoms with Crippen molar-refractivity contribution < 1.29 is 14.6 Å². The summed E-state index contributed by atoms with van der Waals surface area (Å²) in [5.41, 5.74) is 2.01. The number of aliphatic carboxylic acids is 1. The molecule has 0 aromatic heterocycles. The highest BCUT2D eigenvalue weighted by atomic mass is 79.9. The smallest absolute Gasteiger partial charge is 0.311 e. The van der Waals surface area contributed by atoms with Crippen LogP contribution in [0.15, 0.2) is 59.1 Å². The van der Waals surface area contributed by atoms with Gasteiger partial charge in [0.2, 0.25) is 0 Å². The van der Waals surface area contributed by atoms with Gasteiger partial charge >= 0.3 is 5.97 Å². The van der Waals surface area contributed by atoms with Crippen molar-refractivity contribution >= 4 is 21.9 Å². The summed E-state index contributed by atoms with van der Waals surface area (Å²) in [6.07, 6.45) is 1.77. The lowest BCUT2D eigenvalue weighted by Crippen LogP contribution is -2.37. The number of ether oxygens (including phenoxy) is 1. The maximum absolute atomic E-state index is 11.7. The molecule has 3 nitrogen and oxygen atoms in total. The van der Waals surface area contributed by atoms with Crippen molar-refractivity contribution in [3.63, 3.8) is 0 Å². The third-order valence-electron chi connectivity index (χ3n) is 4.41. The van der Waals surface area contributed by atoms with Gasteiger partial charge in [0.25, 0.3) is 0 Å². The number of hydrogen-bond donors (Lipinski definition) is 1. The summed E-state index contributed by atoms with van der Waals surface area (Å²) >= 11 is 3.41. The van der Waals surface area contributed by atoms with E-state index in [-0.39, 0.29) is 12.0 Å². The van der Waals surface area contributed by atoms with Crippen molar-refractivity contribution in [1.29, 1.82) is 0 Å². The molecule has 0 saturated heterocycles. The first-order valence-electron chi connectivity index (χ1n) is 7.77. The van der Waals surface area contributed by atoms with Gasteiger partial charge in [0.15, 0.2) is 0 Å². The number of carboxylic acid groups (broad SMARTS) is 1. The molecular weight excluding hydrogens is 356 g/mol. The van der Waals surface area contributed by atoms with Gasteiger partial charge in [-0.3, -0.25) is 4.79 Å². The summed E-state index contributed by atoms with van der Waals surface area (Å²) in [4.78, 5) is 11.7. The third-order valence-corrected chi connectivity index (χ3v) is 4.90. The number of carboxylic acids is 1. The highest BCUT2D eigenvalue weighted by molar-refractivity contribution is 9.10. The monoisotopic (exact) mass is 374 g/mol. The van der Waals surface area contributed by atoms with Crippen LogP contribution >= 0.6 is 15.9 Å². The van der Waals surface area contributed by atoms with Gasteiger partial charge in [0.05, 0.1) is 18.6 Å². The van der Waals surface area contributed by atoms with E-state index >= 15 is 0 Å². The second kappa shape index (κ2) is 7.28. The molecular formula is C19H19BrO3. The summed E-state index contributed by atoms with van der Waals surface area (Å²) < 4.78 is 6.80. The lowest BCUT2D eigenvalue weighted by Gasteiger charge is -2.38. The van der Waals surface area contributed by atoms with E-state index in [2.05, 4.69) is 15.9 Å². The lowest BCUT2D eigenvalue weighted by atomic mass is 9.71. The number of carbonyl (C=O) groups is 1. The Morgan fingerprint density at radius 2 is 1.91 bits per heavy atom. The molecule has 0 heterocycles. The minimum absolute atomic E-state index is 0.141. The van der Waals surface area contributed by atoms with Crippen LogP contribution in [0, 0.1) is 5.92 Å². The van der Waals surface area contributed by atoms with Crippen molar-refractivity contribution in [1.82, 2.24) is 0 Å². The number of halogens is 1. The Morgan fingerprint density at radius 1 is 1.17 bits per heavy atom. The maximum atomic E-state index is 11.7. The average Bonchev–Trinajstić information content (AvgIpc) is 2.50. The van der Waals surface area contributed by atoms with Crippen LogP contribution in [0.3, 0.4) is 0 Å². The Kier molecular flexibility index (Phi) is 5.13. The molecule has 1 saturated carbocycles. The average molecular weight is 375 g/mol. The molecule has 3 rings (SSSR count). The first kappa shape index (κ1) is 16.2. The molecule has 1 unspecified atom stereocenters. The van der Waals surface area contributed by atoms with Crippen LogP contribution in [0.2, 0.25) is 0 Å². The highest BCUT2D eigenvalue weighted by Gasteiger charge is 2.40. The molecule has 1 aliphatic carbocycles. The van der Waals surface area contributed by atoms with Gasteiger partial charge in [-0.1, -0.05) is 58.4 Å². The molecule has 0 radical (unpaired) electrons. The molecule has 2 aromatic carbocycles. The van der Waals surface area contributed by atoms with E-state index in [1.807, 2.05) is 54.6 Å². The molecule has 0 aliphatic heterocycles. The Bertz CT molecular complexity index is 665. The summed E-state index contributed by atoms with van der Waals surface area (Å²) in [7, 11) is 0. The second-order valence-electron chi connectivity index (χ2n) is 6.02. The first-order valence-corrected chi connectivity index (χ1v) is 8.56. The molecule has 0 bridgehead atoms. The lowest BCUT2D eigenvalue weighted by molar-refractivity contribution is -0.143. The van der Waals surface area contributed by atoms with Crippen molar-refractivity contribution in [2.45, 2.75) is 31.5 Å². The predicted octanol–water partition coefficient (Wildman–Crippen LogP) is 4.61. The number of benzene rings is 2. The molecule has 2 aromatic rings. The topological polar surface area (TPSA) is 46.5 Å². The molecule has 1 N–H and O–H groups in total. The van der Waals surface area contributed by atoms with E-state index in [4.69, 9.17) is 4.74 Å². The maximum Gasteiger partial charge on any atom is 0.311 e. The Labute approximate surface area is 144 Å². The fourth-order valence-electron chi connectivity index (χ4n) is 3.12. The van der Waals surface area contributed by atoms with Crippen molar-refractivity contribution in [3.8, 4) is 0 Å². The molecule has 120 valence electrons. The standard InChI is InChI=1S/C19H19BrO3/c20-16-8-4-7-14(9-16)18(19(21)22)15-10-17(11-15)23-12-13-5-2-1-3-6-13/h1-9,15,17-18H,10-12H2,(H,21,22). The zero-order valence-electron chi connectivity index (χ0n) is 12.7. The fraction of sp³-hybridized carbons (Fsp3) is 0.316. The normalized spacial score (nSPS) is 21.4. The van der Waals surface area contributed by atoms with Crippen LogP contribution in [0.1, 0.15) is 29.9 Å². The van der Waals surface area contributed by atoms with Crippen molar-refractivity contribution in [2.75, 3.05) is 0 Å². The number of rotatable bonds is 6. The molecule has 1 aliphatic rings. The van der Waals surface area contributed by atoms with Gasteiger partial charge in [-0.25, -0.2) is 0 Å². The van der Waals surface area contributed by atoms with E-state index < -0.39 is 11.9 Å². The fourth-order valence-corrected chi connectivity index (χ4v) is 3.54. The van der Waals surface area contributed by atoms with E-state index in [1.54, 1.807) is 0 Å². The zero-order chi connectivity index (χ0) is 16.2. The summed E-state index contributed by atoms with van der Waals surface area (Å²) in [5, 5.41) is 9.59. The molecule has 1 atom stereocenters. The van der Waals surface area contributed by atoms with Crippen LogP contribution in [-0.2, 0) is 16.1 Å². The summed E-state index contributed by atoms with van der Waals surface area (Å²) in [6, 6.07) is 17.6. The molecule has 0 spiro atoms. The van der Waals surface area contributed by atoms with Gasteiger partial charge in [-0.05, 0) is 42.0 Å². The van der Waals surface area contributed by atoms with Crippen LogP contribution in [0.25, 0.3) is 0 Å². The minimum Gasteiger partial charge on any atom is -0.481 e. The van der Waals surface area contributed by atoms with Crippen molar-refractivity contribution in [2.24, 2.45) is 5.92 Å². The Balaban J connectivity index is 1.57. The quantitative estimate of drug-likeness (QED) is 0.802. The SMILES string of the molecule is O=C(O)C(c1cccc(Br)c1)C1CC(OCc2ccccc2)C1.